The highest BCUT2D eigenvalue weighted by Crippen LogP contribution is 2.27. The van der Waals surface area contributed by atoms with Crippen molar-refractivity contribution in [3.05, 3.63) is 0 Å². The van der Waals surface area contributed by atoms with E-state index in [1.165, 1.54) is 11.8 Å². The largest absolute Gasteiger partial charge is 0.481 e. The maximum Gasteiger partial charge on any atom is 0.320 e. The lowest BCUT2D eigenvalue weighted by atomic mass is 9.82. The molecule has 1 heterocycles. The molecule has 40 heavy (non-hydrogen) atoms. The van der Waals surface area contributed by atoms with Gasteiger partial charge in [0.05, 0.1) is 25.0 Å². The molecule has 1 unspecified atom stereocenters. The summed E-state index contributed by atoms with van der Waals surface area (Å²) in [6.45, 7) is 5.29. The lowest BCUT2D eigenvalue weighted by Gasteiger charge is -2.32. The Bertz CT molecular complexity index is 838. The molecule has 3 atom stereocenters. The minimum Gasteiger partial charge on any atom is -0.481 e. The molecule has 1 saturated heterocycles. The fourth-order valence-electron chi connectivity index (χ4n) is 5.89. The molecule has 0 aromatic heterocycles. The number of rotatable bonds is 16. The van der Waals surface area contributed by atoms with Gasteiger partial charge in [-0.25, -0.2) is 0 Å². The number of likely N-dealkylation sites (N-methyl/N-ethyl adjacent to an activating group) is 1. The predicted octanol–water partition coefficient (Wildman–Crippen LogP) is 2.33. The van der Waals surface area contributed by atoms with Crippen molar-refractivity contribution in [2.45, 2.75) is 115 Å². The molecule has 2 rings (SSSR count). The van der Waals surface area contributed by atoms with E-state index in [0.717, 1.165) is 83.7 Å². The number of Topliss-reactive ketones (excluding diaryl/α,β-unsaturated/α-hetero) is 1. The Morgan fingerprint density at radius 2 is 1.57 bits per heavy atom. The van der Waals surface area contributed by atoms with Crippen LogP contribution in [-0.2, 0) is 24.0 Å². The van der Waals surface area contributed by atoms with Crippen molar-refractivity contribution < 1.29 is 34.2 Å². The first-order valence-electron chi connectivity index (χ1n) is 15.1. The molecule has 0 aromatic rings. The maximum absolute atomic E-state index is 13.7. The van der Waals surface area contributed by atoms with Gasteiger partial charge in [-0.1, -0.05) is 32.1 Å². The molecule has 2 amide bonds. The first-order chi connectivity index (χ1) is 19.1. The zero-order chi connectivity index (χ0) is 29.5. The van der Waals surface area contributed by atoms with Crippen LogP contribution in [0.2, 0.25) is 0 Å². The van der Waals surface area contributed by atoms with Gasteiger partial charge in [-0.2, -0.15) is 0 Å². The van der Waals surface area contributed by atoms with E-state index in [-0.39, 0.29) is 18.4 Å². The van der Waals surface area contributed by atoms with Crippen LogP contribution in [0.4, 0.5) is 0 Å². The molecule has 228 valence electrons. The maximum atomic E-state index is 13.7. The molecule has 1 saturated carbocycles. The summed E-state index contributed by atoms with van der Waals surface area (Å²) in [5, 5.41) is 27.8. The number of carboxylic acids is 2. The Morgan fingerprint density at radius 3 is 2.15 bits per heavy atom. The molecular weight excluding hydrogens is 516 g/mol. The number of nitrogens with one attached hydrogen (secondary N) is 3. The molecule has 2 fully saturated rings. The van der Waals surface area contributed by atoms with E-state index in [2.05, 4.69) is 16.0 Å². The van der Waals surface area contributed by atoms with Crippen molar-refractivity contribution in [2.24, 2.45) is 11.8 Å². The van der Waals surface area contributed by atoms with Crippen LogP contribution in [-0.4, -0.2) is 89.0 Å². The number of amides is 2. The van der Waals surface area contributed by atoms with Crippen molar-refractivity contribution in [1.29, 1.82) is 0 Å². The highest BCUT2D eigenvalue weighted by Gasteiger charge is 2.37. The van der Waals surface area contributed by atoms with Crippen molar-refractivity contribution >= 4 is 29.5 Å². The number of piperidine rings is 1. The highest BCUT2D eigenvalue weighted by molar-refractivity contribution is 5.96. The third-order valence-electron chi connectivity index (χ3n) is 8.32. The summed E-state index contributed by atoms with van der Waals surface area (Å²) in [5.74, 6) is -3.17. The van der Waals surface area contributed by atoms with E-state index in [0.29, 0.717) is 18.9 Å². The van der Waals surface area contributed by atoms with Crippen LogP contribution in [0.5, 0.6) is 0 Å². The predicted molar refractivity (Wildman–Crippen MR) is 151 cm³/mol. The zero-order valence-corrected chi connectivity index (χ0v) is 24.3. The monoisotopic (exact) mass is 566 g/mol. The standard InChI is InChI=1S/C29H50N4O7/c1-3-33(25(35)13-9-10-21-14-16-30-17-15-21)19-24(34)32-23(18-26(36)37)28(38)27(31-20(2)29(39)40)22-11-7-5-4-6-8-12-22/h20-23,27,30-31H,3-19H2,1-2H3,(H,32,34)(H,36,37)(H,39,40)/t20-,23-,27?/m0/s1. The second-order valence-electron chi connectivity index (χ2n) is 11.4. The second kappa shape index (κ2) is 18.0. The quantitative estimate of drug-likeness (QED) is 0.188. The molecule has 0 radical (unpaired) electrons. The third kappa shape index (κ3) is 11.9. The lowest BCUT2D eigenvalue weighted by molar-refractivity contribution is -0.143. The van der Waals surface area contributed by atoms with Gasteiger partial charge < -0.3 is 25.7 Å². The average Bonchev–Trinajstić information content (AvgIpc) is 2.90. The van der Waals surface area contributed by atoms with E-state index >= 15 is 0 Å². The van der Waals surface area contributed by atoms with Gasteiger partial charge in [0.25, 0.3) is 0 Å². The first-order valence-corrected chi connectivity index (χ1v) is 15.1. The van der Waals surface area contributed by atoms with Crippen molar-refractivity contribution in [3.63, 3.8) is 0 Å². The normalized spacial score (nSPS) is 19.4. The van der Waals surface area contributed by atoms with Crippen LogP contribution in [0.15, 0.2) is 0 Å². The molecular formula is C29H50N4O7. The molecule has 1 aliphatic carbocycles. The molecule has 11 nitrogen and oxygen atoms in total. The number of carbonyl (C=O) groups excluding carboxylic acids is 3. The summed E-state index contributed by atoms with van der Waals surface area (Å²) in [6, 6.07) is -3.24. The summed E-state index contributed by atoms with van der Waals surface area (Å²) < 4.78 is 0. The number of nitrogens with zero attached hydrogens (tertiary/aromatic N) is 1. The van der Waals surface area contributed by atoms with E-state index in [9.17, 15) is 34.2 Å². The Morgan fingerprint density at radius 1 is 0.950 bits per heavy atom. The molecule has 0 spiro atoms. The number of hydrogen-bond donors (Lipinski definition) is 5. The van der Waals surface area contributed by atoms with Crippen LogP contribution >= 0.6 is 0 Å². The average molecular weight is 567 g/mol. The van der Waals surface area contributed by atoms with Crippen LogP contribution in [0, 0.1) is 11.8 Å². The molecule has 0 bridgehead atoms. The second-order valence-corrected chi connectivity index (χ2v) is 11.4. The number of aliphatic carboxylic acids is 2. The highest BCUT2D eigenvalue weighted by atomic mass is 16.4. The van der Waals surface area contributed by atoms with Gasteiger partial charge in [-0.3, -0.25) is 29.3 Å². The number of ketones is 1. The van der Waals surface area contributed by atoms with E-state index in [1.54, 1.807) is 6.92 Å². The van der Waals surface area contributed by atoms with Crippen LogP contribution in [0.3, 0.4) is 0 Å². The smallest absolute Gasteiger partial charge is 0.320 e. The van der Waals surface area contributed by atoms with Gasteiger partial charge in [0.2, 0.25) is 11.8 Å². The number of hydrogen-bond acceptors (Lipinski definition) is 7. The van der Waals surface area contributed by atoms with Gasteiger partial charge in [-0.05, 0) is 77.3 Å². The summed E-state index contributed by atoms with van der Waals surface area (Å²) in [4.78, 5) is 64.2. The Kier molecular flexibility index (Phi) is 15.2. The van der Waals surface area contributed by atoms with E-state index < -0.39 is 48.2 Å². The van der Waals surface area contributed by atoms with Crippen LogP contribution in [0.25, 0.3) is 0 Å². The minimum atomic E-state index is -1.33. The Labute approximate surface area is 238 Å². The van der Waals surface area contributed by atoms with Crippen molar-refractivity contribution in [1.82, 2.24) is 20.9 Å². The van der Waals surface area contributed by atoms with E-state index in [1.807, 2.05) is 0 Å². The number of carboxylic acid groups (broad SMARTS) is 2. The summed E-state index contributed by atoms with van der Waals surface area (Å²) in [7, 11) is 0. The van der Waals surface area contributed by atoms with Gasteiger partial charge in [0.1, 0.15) is 6.04 Å². The minimum absolute atomic E-state index is 0.142. The Hall–Kier alpha value is -2.53. The Balaban J connectivity index is 2.06. The molecule has 2 aliphatic rings. The molecule has 1 aliphatic heterocycles. The third-order valence-corrected chi connectivity index (χ3v) is 8.32. The zero-order valence-electron chi connectivity index (χ0n) is 24.3. The van der Waals surface area contributed by atoms with Gasteiger partial charge in [0.15, 0.2) is 5.78 Å². The fourth-order valence-corrected chi connectivity index (χ4v) is 5.89. The van der Waals surface area contributed by atoms with Crippen LogP contribution in [0.1, 0.15) is 97.3 Å². The molecule has 11 heteroatoms. The van der Waals surface area contributed by atoms with E-state index in [4.69, 9.17) is 0 Å². The molecule has 0 aromatic carbocycles. The fraction of sp³-hybridized carbons (Fsp3) is 0.828. The summed E-state index contributed by atoms with van der Waals surface area (Å²) >= 11 is 0. The summed E-state index contributed by atoms with van der Waals surface area (Å²) in [6.07, 6.45) is 10.1. The van der Waals surface area contributed by atoms with Gasteiger partial charge in [0, 0.05) is 13.0 Å². The SMILES string of the molecule is CCN(CC(=O)N[C@@H](CC(=O)O)C(=O)C(N[C@@H](C)C(=O)O)C1CCCCCCC1)C(=O)CCCC1CCNCC1. The first kappa shape index (κ1) is 33.7. The lowest BCUT2D eigenvalue weighted by Crippen LogP contribution is -2.57. The van der Waals surface area contributed by atoms with Crippen molar-refractivity contribution in [3.8, 4) is 0 Å². The van der Waals surface area contributed by atoms with Crippen LogP contribution < -0.4 is 16.0 Å². The topological polar surface area (TPSA) is 165 Å². The van der Waals surface area contributed by atoms with Gasteiger partial charge >= 0.3 is 11.9 Å². The summed E-state index contributed by atoms with van der Waals surface area (Å²) in [5.41, 5.74) is 0. The number of carbonyl (C=O) groups is 5. The van der Waals surface area contributed by atoms with Crippen molar-refractivity contribution in [2.75, 3.05) is 26.2 Å². The van der Waals surface area contributed by atoms with Gasteiger partial charge in [-0.15, -0.1) is 0 Å². The molecule has 5 N–H and O–H groups in total.